The predicted molar refractivity (Wildman–Crippen MR) is 45.5 cm³/mol. The van der Waals surface area contributed by atoms with Crippen molar-refractivity contribution < 1.29 is 9.53 Å². The molecule has 0 N–H and O–H groups in total. The molecule has 3 heteroatoms. The zero-order valence-electron chi connectivity index (χ0n) is 7.49. The van der Waals surface area contributed by atoms with Crippen LogP contribution in [0.3, 0.4) is 0 Å². The van der Waals surface area contributed by atoms with Gasteiger partial charge in [0.2, 0.25) is 5.60 Å². The summed E-state index contributed by atoms with van der Waals surface area (Å²) in [6, 6.07) is 2.15. The highest BCUT2D eigenvalue weighted by atomic mass is 16.6. The minimum Gasteiger partial charge on any atom is -0.443 e. The first-order chi connectivity index (χ1) is 6.16. The van der Waals surface area contributed by atoms with Gasteiger partial charge in [0.1, 0.15) is 6.07 Å². The summed E-state index contributed by atoms with van der Waals surface area (Å²) in [6.45, 7) is 1.36. The summed E-state index contributed by atoms with van der Waals surface area (Å²) < 4.78 is 5.13. The van der Waals surface area contributed by atoms with Crippen molar-refractivity contribution in [3.63, 3.8) is 0 Å². The number of nitrogens with zero attached hydrogens (tertiary/aromatic N) is 1. The van der Waals surface area contributed by atoms with E-state index in [0.717, 1.165) is 6.42 Å². The van der Waals surface area contributed by atoms with Crippen LogP contribution in [0.4, 0.5) is 0 Å². The number of carbonyl (C=O) groups excluding carboxylic acids is 1. The average Bonchev–Trinajstić information content (AvgIpc) is 2.62. The van der Waals surface area contributed by atoms with Crippen molar-refractivity contribution in [3.05, 3.63) is 12.2 Å². The van der Waals surface area contributed by atoms with Gasteiger partial charge < -0.3 is 4.74 Å². The van der Waals surface area contributed by atoms with Gasteiger partial charge in [0, 0.05) is 19.3 Å². The van der Waals surface area contributed by atoms with Gasteiger partial charge in [0.15, 0.2) is 0 Å². The smallest absolute Gasteiger partial charge is 0.304 e. The van der Waals surface area contributed by atoms with Crippen molar-refractivity contribution in [2.45, 2.75) is 25.4 Å². The number of hydrogen-bond donors (Lipinski definition) is 0. The Balaban J connectivity index is 2.24. The van der Waals surface area contributed by atoms with Gasteiger partial charge in [-0.25, -0.2) is 0 Å². The molecule has 2 bridgehead atoms. The van der Waals surface area contributed by atoms with E-state index in [1.54, 1.807) is 0 Å². The second kappa shape index (κ2) is 2.59. The Morgan fingerprint density at radius 1 is 1.69 bits per heavy atom. The van der Waals surface area contributed by atoms with Gasteiger partial charge in [-0.15, -0.1) is 0 Å². The molecule has 0 amide bonds. The standard InChI is InChI=1S/C10H11NO2/c1-7(12)13-10(6-11)5-8-2-3-9(10)4-8/h2-3,8-9H,4-5H2,1H3/t8-,9+,10+/m0/s1. The Morgan fingerprint density at radius 2 is 2.46 bits per heavy atom. The largest absolute Gasteiger partial charge is 0.443 e. The van der Waals surface area contributed by atoms with Gasteiger partial charge in [-0.05, 0) is 12.3 Å². The van der Waals surface area contributed by atoms with Crippen molar-refractivity contribution in [2.24, 2.45) is 11.8 Å². The molecule has 0 aromatic rings. The molecule has 2 aliphatic rings. The van der Waals surface area contributed by atoms with E-state index in [1.165, 1.54) is 6.92 Å². The first-order valence-electron chi connectivity index (χ1n) is 4.45. The molecule has 0 spiro atoms. The van der Waals surface area contributed by atoms with Gasteiger partial charge >= 0.3 is 5.97 Å². The minimum atomic E-state index is -0.856. The van der Waals surface area contributed by atoms with Crippen molar-refractivity contribution in [1.82, 2.24) is 0 Å². The van der Waals surface area contributed by atoms with E-state index in [1.807, 2.05) is 6.08 Å². The van der Waals surface area contributed by atoms with Gasteiger partial charge in [0.05, 0.1) is 0 Å². The average molecular weight is 177 g/mol. The lowest BCUT2D eigenvalue weighted by Crippen LogP contribution is -2.36. The molecule has 2 aliphatic carbocycles. The first-order valence-corrected chi connectivity index (χ1v) is 4.45. The summed E-state index contributed by atoms with van der Waals surface area (Å²) in [5, 5.41) is 9.03. The Labute approximate surface area is 77.0 Å². The molecule has 0 saturated heterocycles. The number of fused-ring (bicyclic) bond motifs is 2. The Hall–Kier alpha value is -1.30. The SMILES string of the molecule is CC(=O)O[C@@]1(C#N)C[C@H]2C=C[C@@H]1C2. The van der Waals surface area contributed by atoms with Crippen molar-refractivity contribution in [1.29, 1.82) is 5.26 Å². The molecule has 68 valence electrons. The van der Waals surface area contributed by atoms with E-state index < -0.39 is 5.60 Å². The van der Waals surface area contributed by atoms with Crippen LogP contribution in [0.5, 0.6) is 0 Å². The lowest BCUT2D eigenvalue weighted by Gasteiger charge is -2.27. The zero-order chi connectivity index (χ0) is 9.47. The molecule has 0 unspecified atom stereocenters. The maximum Gasteiger partial charge on any atom is 0.304 e. The van der Waals surface area contributed by atoms with Crippen molar-refractivity contribution in [3.8, 4) is 6.07 Å². The quantitative estimate of drug-likeness (QED) is 0.449. The number of nitriles is 1. The number of rotatable bonds is 1. The van der Waals surface area contributed by atoms with Gasteiger partial charge in [-0.2, -0.15) is 5.26 Å². The summed E-state index contributed by atoms with van der Waals surface area (Å²) in [5.41, 5.74) is -0.856. The lowest BCUT2D eigenvalue weighted by molar-refractivity contribution is -0.153. The highest BCUT2D eigenvalue weighted by Gasteiger charge is 2.51. The Kier molecular flexibility index (Phi) is 1.66. The minimum absolute atomic E-state index is 0.117. The van der Waals surface area contributed by atoms with Crippen LogP contribution in [0.25, 0.3) is 0 Å². The molecule has 0 aromatic heterocycles. The monoisotopic (exact) mass is 177 g/mol. The summed E-state index contributed by atoms with van der Waals surface area (Å²) in [6.07, 6.45) is 5.75. The number of ether oxygens (including phenoxy) is 1. The molecule has 0 radical (unpaired) electrons. The predicted octanol–water partition coefficient (Wildman–Crippen LogP) is 1.41. The molecular formula is C10H11NO2. The van der Waals surface area contributed by atoms with Crippen LogP contribution >= 0.6 is 0 Å². The van der Waals surface area contributed by atoms with Crippen LogP contribution in [0.15, 0.2) is 12.2 Å². The summed E-state index contributed by atoms with van der Waals surface area (Å²) >= 11 is 0. The van der Waals surface area contributed by atoms with Gasteiger partial charge in [-0.3, -0.25) is 4.79 Å². The van der Waals surface area contributed by atoms with E-state index in [-0.39, 0.29) is 11.9 Å². The van der Waals surface area contributed by atoms with Gasteiger partial charge in [0.25, 0.3) is 0 Å². The van der Waals surface area contributed by atoms with Crippen LogP contribution in [0.2, 0.25) is 0 Å². The normalized spacial score (nSPS) is 40.3. The summed E-state index contributed by atoms with van der Waals surface area (Å²) in [4.78, 5) is 10.8. The van der Waals surface area contributed by atoms with Crippen LogP contribution in [-0.4, -0.2) is 11.6 Å². The third-order valence-corrected chi connectivity index (χ3v) is 2.85. The van der Waals surface area contributed by atoms with E-state index in [0.29, 0.717) is 12.3 Å². The van der Waals surface area contributed by atoms with Crippen LogP contribution in [-0.2, 0) is 9.53 Å². The third-order valence-electron chi connectivity index (χ3n) is 2.85. The maximum absolute atomic E-state index is 10.8. The molecule has 3 atom stereocenters. The van der Waals surface area contributed by atoms with E-state index >= 15 is 0 Å². The molecule has 0 aromatic carbocycles. The van der Waals surface area contributed by atoms with E-state index in [4.69, 9.17) is 10.00 Å². The molecule has 0 heterocycles. The number of esters is 1. The Bertz CT molecular complexity index is 315. The summed E-state index contributed by atoms with van der Waals surface area (Å²) in [7, 11) is 0. The summed E-state index contributed by atoms with van der Waals surface area (Å²) in [5.74, 6) is 0.193. The third kappa shape index (κ3) is 1.14. The molecule has 2 rings (SSSR count). The second-order valence-electron chi connectivity index (χ2n) is 3.79. The molecule has 1 fully saturated rings. The topological polar surface area (TPSA) is 50.1 Å². The molecule has 13 heavy (non-hydrogen) atoms. The second-order valence-corrected chi connectivity index (χ2v) is 3.79. The van der Waals surface area contributed by atoms with Gasteiger partial charge in [-0.1, -0.05) is 12.2 Å². The van der Waals surface area contributed by atoms with Crippen LogP contribution in [0.1, 0.15) is 19.8 Å². The fraction of sp³-hybridized carbons (Fsp3) is 0.600. The fourth-order valence-corrected chi connectivity index (χ4v) is 2.34. The molecule has 0 aliphatic heterocycles. The fourth-order valence-electron chi connectivity index (χ4n) is 2.34. The highest BCUT2D eigenvalue weighted by Crippen LogP contribution is 2.48. The highest BCUT2D eigenvalue weighted by molar-refractivity contribution is 5.67. The van der Waals surface area contributed by atoms with E-state index in [9.17, 15) is 4.79 Å². The lowest BCUT2D eigenvalue weighted by atomic mass is 9.89. The number of allylic oxidation sites excluding steroid dienone is 1. The zero-order valence-corrected chi connectivity index (χ0v) is 7.49. The molecule has 1 saturated carbocycles. The van der Waals surface area contributed by atoms with Crippen LogP contribution < -0.4 is 0 Å². The molecule has 3 nitrogen and oxygen atoms in total. The van der Waals surface area contributed by atoms with E-state index in [2.05, 4.69) is 12.1 Å². The van der Waals surface area contributed by atoms with Crippen molar-refractivity contribution >= 4 is 5.97 Å². The maximum atomic E-state index is 10.8. The molecular weight excluding hydrogens is 166 g/mol. The first kappa shape index (κ1) is 8.31. The Morgan fingerprint density at radius 3 is 2.85 bits per heavy atom. The number of carbonyl (C=O) groups is 1. The van der Waals surface area contributed by atoms with Crippen molar-refractivity contribution in [2.75, 3.05) is 0 Å². The number of hydrogen-bond acceptors (Lipinski definition) is 3. The van der Waals surface area contributed by atoms with Crippen LogP contribution in [0, 0.1) is 23.2 Å².